The molecule has 0 aromatic carbocycles. The lowest BCUT2D eigenvalue weighted by molar-refractivity contribution is 0.235. The smallest absolute Gasteiger partial charge is 0.00672 e. The van der Waals surface area contributed by atoms with Crippen LogP contribution in [0.3, 0.4) is 0 Å². The maximum atomic E-state index is 5.80. The molecule has 1 saturated carbocycles. The molecule has 60 valence electrons. The summed E-state index contributed by atoms with van der Waals surface area (Å²) in [5.41, 5.74) is 5.80. The fourth-order valence-corrected chi connectivity index (χ4v) is 1.61. The van der Waals surface area contributed by atoms with Gasteiger partial charge in [-0.1, -0.05) is 26.2 Å². The van der Waals surface area contributed by atoms with E-state index in [1.165, 1.54) is 38.5 Å². The number of hydrogen-bond donors (Lipinski definition) is 1. The molecular weight excluding hydrogens is 122 g/mol. The van der Waals surface area contributed by atoms with E-state index < -0.39 is 0 Å². The minimum Gasteiger partial charge on any atom is -0.327 e. The first-order valence-electron chi connectivity index (χ1n) is 4.60. The number of hydrogen-bond acceptors (Lipinski definition) is 1. The summed E-state index contributed by atoms with van der Waals surface area (Å²) in [6.07, 6.45) is 8.18. The number of rotatable bonds is 4. The monoisotopic (exact) mass is 141 g/mol. The van der Waals surface area contributed by atoms with Gasteiger partial charge in [-0.15, -0.1) is 0 Å². The van der Waals surface area contributed by atoms with Crippen molar-refractivity contribution in [2.24, 2.45) is 11.7 Å². The topological polar surface area (TPSA) is 26.0 Å². The van der Waals surface area contributed by atoms with Crippen LogP contribution in [0, 0.1) is 5.92 Å². The number of unbranched alkanes of at least 4 members (excludes halogenated alkanes) is 2. The lowest BCUT2D eigenvalue weighted by atomic mass is 9.77. The molecule has 1 aliphatic carbocycles. The van der Waals surface area contributed by atoms with Gasteiger partial charge in [0.15, 0.2) is 0 Å². The number of nitrogens with two attached hydrogens (primary N) is 1. The molecule has 0 heterocycles. The van der Waals surface area contributed by atoms with E-state index >= 15 is 0 Å². The van der Waals surface area contributed by atoms with Gasteiger partial charge in [-0.3, -0.25) is 0 Å². The predicted octanol–water partition coefficient (Wildman–Crippen LogP) is 2.30. The van der Waals surface area contributed by atoms with Crippen LogP contribution in [0.2, 0.25) is 0 Å². The summed E-state index contributed by atoms with van der Waals surface area (Å²) < 4.78 is 0. The van der Waals surface area contributed by atoms with Crippen molar-refractivity contribution in [2.45, 2.75) is 51.5 Å². The Balaban J connectivity index is 1.92. The van der Waals surface area contributed by atoms with E-state index in [1.807, 2.05) is 0 Å². The van der Waals surface area contributed by atoms with Crippen LogP contribution in [0.15, 0.2) is 0 Å². The molecule has 0 saturated heterocycles. The van der Waals surface area contributed by atoms with E-state index in [9.17, 15) is 0 Å². The quantitative estimate of drug-likeness (QED) is 0.597. The van der Waals surface area contributed by atoms with Crippen LogP contribution >= 0.6 is 0 Å². The molecule has 1 rings (SSSR count). The lowest BCUT2D eigenvalue weighted by Gasteiger charge is -2.33. The molecule has 0 aromatic heterocycles. The van der Waals surface area contributed by atoms with E-state index in [0.29, 0.717) is 6.04 Å². The molecule has 2 atom stereocenters. The lowest BCUT2D eigenvalue weighted by Crippen LogP contribution is -2.39. The highest BCUT2D eigenvalue weighted by molar-refractivity contribution is 4.83. The molecule has 0 radical (unpaired) electrons. The van der Waals surface area contributed by atoms with Crippen LogP contribution in [0.4, 0.5) is 0 Å². The second-order valence-corrected chi connectivity index (χ2v) is 3.50. The predicted molar refractivity (Wildman–Crippen MR) is 44.8 cm³/mol. The average molecular weight is 141 g/mol. The van der Waals surface area contributed by atoms with Crippen LogP contribution in [0.1, 0.15) is 45.4 Å². The van der Waals surface area contributed by atoms with E-state index in [-0.39, 0.29) is 0 Å². The molecule has 1 fully saturated rings. The van der Waals surface area contributed by atoms with Gasteiger partial charge in [0.05, 0.1) is 0 Å². The van der Waals surface area contributed by atoms with Crippen LogP contribution in [0.25, 0.3) is 0 Å². The molecular formula is C9H19N. The Hall–Kier alpha value is -0.0400. The van der Waals surface area contributed by atoms with Gasteiger partial charge in [-0.2, -0.15) is 0 Å². The van der Waals surface area contributed by atoms with E-state index in [4.69, 9.17) is 5.73 Å². The van der Waals surface area contributed by atoms with Crippen LogP contribution < -0.4 is 5.73 Å². The van der Waals surface area contributed by atoms with Gasteiger partial charge in [-0.05, 0) is 25.2 Å². The third-order valence-corrected chi connectivity index (χ3v) is 2.65. The van der Waals surface area contributed by atoms with Crippen molar-refractivity contribution in [1.29, 1.82) is 0 Å². The molecule has 1 aliphatic rings. The highest BCUT2D eigenvalue weighted by Gasteiger charge is 2.25. The SMILES string of the molecule is CCCCCC1CCC1N. The first-order chi connectivity index (χ1) is 4.84. The zero-order valence-electron chi connectivity index (χ0n) is 6.97. The molecule has 1 heteroatoms. The Labute approximate surface area is 64.0 Å². The molecule has 0 amide bonds. The van der Waals surface area contributed by atoms with Gasteiger partial charge < -0.3 is 5.73 Å². The largest absolute Gasteiger partial charge is 0.327 e. The van der Waals surface area contributed by atoms with Crippen LogP contribution in [0.5, 0.6) is 0 Å². The molecule has 10 heavy (non-hydrogen) atoms. The fourth-order valence-electron chi connectivity index (χ4n) is 1.61. The Kier molecular flexibility index (Phi) is 3.20. The first kappa shape index (κ1) is 8.06. The van der Waals surface area contributed by atoms with E-state index in [0.717, 1.165) is 5.92 Å². The van der Waals surface area contributed by atoms with Gasteiger partial charge in [0.1, 0.15) is 0 Å². The highest BCUT2D eigenvalue weighted by atomic mass is 14.7. The Morgan fingerprint density at radius 3 is 2.50 bits per heavy atom. The summed E-state index contributed by atoms with van der Waals surface area (Å²) in [4.78, 5) is 0. The van der Waals surface area contributed by atoms with Crippen LogP contribution in [-0.2, 0) is 0 Å². The second kappa shape index (κ2) is 3.97. The van der Waals surface area contributed by atoms with Crippen LogP contribution in [-0.4, -0.2) is 6.04 Å². The molecule has 2 unspecified atom stereocenters. The summed E-state index contributed by atoms with van der Waals surface area (Å²) in [7, 11) is 0. The van der Waals surface area contributed by atoms with Crippen molar-refractivity contribution in [3.05, 3.63) is 0 Å². The zero-order valence-corrected chi connectivity index (χ0v) is 6.97. The normalized spacial score (nSPS) is 31.8. The van der Waals surface area contributed by atoms with E-state index in [1.54, 1.807) is 0 Å². The van der Waals surface area contributed by atoms with E-state index in [2.05, 4.69) is 6.92 Å². The summed E-state index contributed by atoms with van der Waals surface area (Å²) in [5.74, 6) is 0.881. The molecule has 2 N–H and O–H groups in total. The van der Waals surface area contributed by atoms with Crippen molar-refractivity contribution in [2.75, 3.05) is 0 Å². The third-order valence-electron chi connectivity index (χ3n) is 2.65. The average Bonchev–Trinajstić information content (AvgIpc) is 1.95. The van der Waals surface area contributed by atoms with Gasteiger partial charge >= 0.3 is 0 Å². The van der Waals surface area contributed by atoms with Crippen molar-refractivity contribution >= 4 is 0 Å². The Morgan fingerprint density at radius 2 is 2.10 bits per heavy atom. The van der Waals surface area contributed by atoms with Crippen molar-refractivity contribution in [1.82, 2.24) is 0 Å². The minimum absolute atomic E-state index is 0.553. The standard InChI is InChI=1S/C9H19N/c1-2-3-4-5-8-6-7-9(8)10/h8-9H,2-7,10H2,1H3. The Bertz CT molecular complexity index is 90.7. The summed E-state index contributed by atoms with van der Waals surface area (Å²) >= 11 is 0. The summed E-state index contributed by atoms with van der Waals surface area (Å²) in [6, 6.07) is 0.553. The minimum atomic E-state index is 0.553. The maximum Gasteiger partial charge on any atom is 0.00672 e. The third kappa shape index (κ3) is 1.98. The summed E-state index contributed by atoms with van der Waals surface area (Å²) in [6.45, 7) is 2.25. The van der Waals surface area contributed by atoms with Gasteiger partial charge in [0.25, 0.3) is 0 Å². The molecule has 0 spiro atoms. The van der Waals surface area contributed by atoms with Crippen molar-refractivity contribution < 1.29 is 0 Å². The summed E-state index contributed by atoms with van der Waals surface area (Å²) in [5, 5.41) is 0. The molecule has 0 aliphatic heterocycles. The maximum absolute atomic E-state index is 5.80. The molecule has 0 aromatic rings. The van der Waals surface area contributed by atoms with Crippen molar-refractivity contribution in [3.63, 3.8) is 0 Å². The van der Waals surface area contributed by atoms with Gasteiger partial charge in [0.2, 0.25) is 0 Å². The highest BCUT2D eigenvalue weighted by Crippen LogP contribution is 2.29. The van der Waals surface area contributed by atoms with Gasteiger partial charge in [-0.25, -0.2) is 0 Å². The fraction of sp³-hybridized carbons (Fsp3) is 1.00. The van der Waals surface area contributed by atoms with Crippen molar-refractivity contribution in [3.8, 4) is 0 Å². The second-order valence-electron chi connectivity index (χ2n) is 3.50. The first-order valence-corrected chi connectivity index (χ1v) is 4.60. The molecule has 1 nitrogen and oxygen atoms in total. The zero-order chi connectivity index (χ0) is 7.40. The Morgan fingerprint density at radius 1 is 1.30 bits per heavy atom. The molecule has 0 bridgehead atoms. The van der Waals surface area contributed by atoms with Gasteiger partial charge in [0, 0.05) is 6.04 Å².